The topological polar surface area (TPSA) is 114 Å². The lowest BCUT2D eigenvalue weighted by Crippen LogP contribution is -2.47. The van der Waals surface area contributed by atoms with Gasteiger partial charge in [-0.1, -0.05) is 192 Å². The molecule has 0 aliphatic carbocycles. The molecule has 0 saturated heterocycles. The van der Waals surface area contributed by atoms with Crippen LogP contribution in [-0.4, -0.2) is 69.4 Å². The highest BCUT2D eigenvalue weighted by Crippen LogP contribution is 2.38. The maximum atomic E-state index is 13.4. The number of quaternary nitrogens is 1. The summed E-state index contributed by atoms with van der Waals surface area (Å²) < 4.78 is 30.1. The minimum Gasteiger partial charge on any atom is -0.756 e. The largest absolute Gasteiger partial charge is 0.756 e. The van der Waals surface area contributed by atoms with Gasteiger partial charge in [-0.25, -0.2) is 0 Å². The number of amides is 1. The maximum absolute atomic E-state index is 13.4. The van der Waals surface area contributed by atoms with Crippen LogP contribution in [0.1, 0.15) is 252 Å². The quantitative estimate of drug-likeness (QED) is 0.0212. The summed E-state index contributed by atoms with van der Waals surface area (Å²) in [4.78, 5) is 39.7. The van der Waals surface area contributed by atoms with E-state index in [1.165, 1.54) is 135 Å². The van der Waals surface area contributed by atoms with E-state index in [-0.39, 0.29) is 24.9 Å². The lowest BCUT2D eigenvalue weighted by Gasteiger charge is -2.30. The zero-order valence-corrected chi connectivity index (χ0v) is 44.3. The van der Waals surface area contributed by atoms with Crippen molar-refractivity contribution in [1.82, 2.24) is 5.32 Å². The number of nitrogens with zero attached hydrogens (tertiary/aromatic N) is 1. The second-order valence-electron chi connectivity index (χ2n) is 19.7. The van der Waals surface area contributed by atoms with Crippen LogP contribution < -0.4 is 10.2 Å². The van der Waals surface area contributed by atoms with E-state index in [0.717, 1.165) is 70.6 Å². The summed E-state index contributed by atoms with van der Waals surface area (Å²) in [5.74, 6) is -0.575. The fourth-order valence-corrected chi connectivity index (χ4v) is 8.47. The van der Waals surface area contributed by atoms with Crippen LogP contribution in [-0.2, 0) is 27.9 Å². The van der Waals surface area contributed by atoms with Crippen molar-refractivity contribution in [2.24, 2.45) is 0 Å². The van der Waals surface area contributed by atoms with Crippen molar-refractivity contribution in [1.29, 1.82) is 0 Å². The van der Waals surface area contributed by atoms with Gasteiger partial charge in [0, 0.05) is 12.8 Å². The highest BCUT2D eigenvalue weighted by molar-refractivity contribution is 7.45. The normalized spacial score (nSPS) is 14.1. The van der Waals surface area contributed by atoms with Crippen molar-refractivity contribution < 1.29 is 37.3 Å². The molecule has 0 aromatic carbocycles. The van der Waals surface area contributed by atoms with Crippen LogP contribution in [0.3, 0.4) is 0 Å². The van der Waals surface area contributed by atoms with Crippen molar-refractivity contribution in [2.45, 2.75) is 264 Å². The van der Waals surface area contributed by atoms with Gasteiger partial charge in [-0.3, -0.25) is 14.2 Å². The van der Waals surface area contributed by atoms with E-state index in [4.69, 9.17) is 13.8 Å². The molecule has 0 aliphatic rings. The zero-order valence-electron chi connectivity index (χ0n) is 43.4. The van der Waals surface area contributed by atoms with Crippen LogP contribution in [0.4, 0.5) is 0 Å². The first-order valence-electron chi connectivity index (χ1n) is 27.3. The van der Waals surface area contributed by atoms with E-state index < -0.39 is 26.6 Å². The molecule has 0 heterocycles. The number of likely N-dealkylation sites (N-methyl/N-ethyl adjacent to an activating group) is 1. The fraction of sp³-hybridized carbons (Fsp3) is 0.855. The number of unbranched alkanes of at least 4 members (excludes halogenated alkanes) is 29. The Morgan fingerprint density at radius 2 is 0.892 bits per heavy atom. The molecular formula is C55H105N2O7P. The predicted molar refractivity (Wildman–Crippen MR) is 275 cm³/mol. The van der Waals surface area contributed by atoms with Gasteiger partial charge in [0.15, 0.2) is 0 Å². The Morgan fingerprint density at radius 3 is 1.31 bits per heavy atom. The van der Waals surface area contributed by atoms with Crippen LogP contribution in [0.25, 0.3) is 0 Å². The van der Waals surface area contributed by atoms with E-state index in [1.54, 1.807) is 0 Å². The number of hydrogen-bond acceptors (Lipinski definition) is 7. The minimum absolute atomic E-state index is 0.0261. The first-order valence-corrected chi connectivity index (χ1v) is 28.8. The summed E-state index contributed by atoms with van der Waals surface area (Å²) in [7, 11) is 1.17. The second-order valence-corrected chi connectivity index (χ2v) is 21.1. The fourth-order valence-electron chi connectivity index (χ4n) is 7.75. The molecule has 0 rings (SSSR count). The molecule has 0 radical (unpaired) electrons. The molecule has 9 nitrogen and oxygen atoms in total. The van der Waals surface area contributed by atoms with Gasteiger partial charge >= 0.3 is 5.97 Å². The Labute approximate surface area is 402 Å². The molecule has 0 bridgehead atoms. The number of carbonyl (C=O) groups is 2. The molecular weight excluding hydrogens is 832 g/mol. The van der Waals surface area contributed by atoms with Gasteiger partial charge in [-0.05, 0) is 83.1 Å². The zero-order chi connectivity index (χ0) is 48.0. The Balaban J connectivity index is 5.46. The van der Waals surface area contributed by atoms with Gasteiger partial charge in [0.2, 0.25) is 5.91 Å². The SMILES string of the molecule is CCCCCCCC/C=C\CCCCCC(=O)NC(COP(=O)([O-])OCC[N+](C)(C)C)C(/C=C/CCCCCCCCCCCCC)OC(=O)CCCCC/C=C\CCCCCCCC. The first kappa shape index (κ1) is 63.2. The van der Waals surface area contributed by atoms with E-state index in [0.29, 0.717) is 30.3 Å². The molecule has 1 N–H and O–H groups in total. The highest BCUT2D eigenvalue weighted by atomic mass is 31.2. The van der Waals surface area contributed by atoms with E-state index in [9.17, 15) is 19.0 Å². The Bertz CT molecular complexity index is 1220. The molecule has 3 unspecified atom stereocenters. The standard InChI is InChI=1S/C55H105N2O7P/c1-7-10-13-16-19-22-25-28-31-34-37-40-43-46-53(64-55(59)48-45-42-39-36-33-30-27-24-21-18-15-12-9-3)52(51-63-65(60,61)62-50-49-57(4,5)6)56-54(58)47-44-41-38-35-32-29-26-23-20-17-14-11-8-2/h29-30,32-33,43,46,52-53H,7-28,31,34-42,44-45,47-51H2,1-6H3,(H-,56,58,60,61)/b32-29-,33-30-,46-43+. The number of esters is 1. The molecule has 0 aromatic rings. The van der Waals surface area contributed by atoms with Crippen molar-refractivity contribution in [2.75, 3.05) is 40.9 Å². The third kappa shape index (κ3) is 47.1. The summed E-state index contributed by atoms with van der Waals surface area (Å²) in [5, 5.41) is 3.00. The number of phosphoric acid groups is 1. The monoisotopic (exact) mass is 937 g/mol. The average molecular weight is 937 g/mol. The smallest absolute Gasteiger partial charge is 0.306 e. The number of carbonyl (C=O) groups excluding carboxylic acids is 2. The Hall–Kier alpha value is -1.77. The Kier molecular flexibility index (Phi) is 44.7. The van der Waals surface area contributed by atoms with Crippen LogP contribution >= 0.6 is 7.82 Å². The maximum Gasteiger partial charge on any atom is 0.306 e. The molecule has 0 fully saturated rings. The number of allylic oxidation sites excluding steroid dienone is 5. The summed E-state index contributed by atoms with van der Waals surface area (Å²) in [5.41, 5.74) is 0. The van der Waals surface area contributed by atoms with Gasteiger partial charge in [0.05, 0.1) is 33.8 Å². The van der Waals surface area contributed by atoms with Crippen LogP contribution in [0.5, 0.6) is 0 Å². The minimum atomic E-state index is -4.69. The van der Waals surface area contributed by atoms with Gasteiger partial charge in [-0.15, -0.1) is 0 Å². The van der Waals surface area contributed by atoms with Gasteiger partial charge in [0.1, 0.15) is 19.3 Å². The van der Waals surface area contributed by atoms with Crippen molar-refractivity contribution in [3.05, 3.63) is 36.5 Å². The summed E-state index contributed by atoms with van der Waals surface area (Å²) in [6, 6.07) is -0.897. The lowest BCUT2D eigenvalue weighted by atomic mass is 10.0. The van der Waals surface area contributed by atoms with E-state index >= 15 is 0 Å². The predicted octanol–water partition coefficient (Wildman–Crippen LogP) is 15.4. The molecule has 0 aliphatic heterocycles. The summed E-state index contributed by atoms with van der Waals surface area (Å²) >= 11 is 0. The third-order valence-corrected chi connectivity index (χ3v) is 13.0. The number of nitrogens with one attached hydrogen (secondary N) is 1. The van der Waals surface area contributed by atoms with Crippen LogP contribution in [0, 0.1) is 0 Å². The molecule has 10 heteroatoms. The van der Waals surface area contributed by atoms with Gasteiger partial charge in [-0.2, -0.15) is 0 Å². The summed E-state index contributed by atoms with van der Waals surface area (Å²) in [6.07, 6.45) is 52.5. The molecule has 0 aromatic heterocycles. The van der Waals surface area contributed by atoms with Crippen molar-refractivity contribution in [3.63, 3.8) is 0 Å². The van der Waals surface area contributed by atoms with E-state index in [2.05, 4.69) is 50.4 Å². The summed E-state index contributed by atoms with van der Waals surface area (Å²) in [6.45, 7) is 6.80. The lowest BCUT2D eigenvalue weighted by molar-refractivity contribution is -0.870. The Morgan fingerprint density at radius 1 is 0.523 bits per heavy atom. The van der Waals surface area contributed by atoms with Crippen LogP contribution in [0.15, 0.2) is 36.5 Å². The highest BCUT2D eigenvalue weighted by Gasteiger charge is 2.27. The number of ether oxygens (including phenoxy) is 1. The molecule has 0 spiro atoms. The molecule has 0 saturated carbocycles. The van der Waals surface area contributed by atoms with Gasteiger partial charge in [0.25, 0.3) is 7.82 Å². The molecule has 382 valence electrons. The second kappa shape index (κ2) is 46.0. The number of hydrogen-bond donors (Lipinski definition) is 1. The molecule has 1 amide bonds. The molecule has 65 heavy (non-hydrogen) atoms. The van der Waals surface area contributed by atoms with Crippen molar-refractivity contribution in [3.8, 4) is 0 Å². The van der Waals surface area contributed by atoms with Crippen LogP contribution in [0.2, 0.25) is 0 Å². The third-order valence-electron chi connectivity index (χ3n) is 12.0. The van der Waals surface area contributed by atoms with Gasteiger partial charge < -0.3 is 28.5 Å². The number of phosphoric ester groups is 1. The average Bonchev–Trinajstić information content (AvgIpc) is 3.26. The van der Waals surface area contributed by atoms with E-state index in [1.807, 2.05) is 33.3 Å². The number of rotatable bonds is 49. The molecule has 3 atom stereocenters. The van der Waals surface area contributed by atoms with Crippen molar-refractivity contribution >= 4 is 19.7 Å². The first-order chi connectivity index (χ1) is 31.4.